The summed E-state index contributed by atoms with van der Waals surface area (Å²) in [5, 5.41) is 0. The van der Waals surface area contributed by atoms with Gasteiger partial charge in [-0.05, 0) is 44.8 Å². The van der Waals surface area contributed by atoms with Crippen molar-refractivity contribution in [1.29, 1.82) is 0 Å². The fourth-order valence-corrected chi connectivity index (χ4v) is 1.83. The van der Waals surface area contributed by atoms with Crippen LogP contribution in [0.4, 0.5) is 0 Å². The van der Waals surface area contributed by atoms with Crippen LogP contribution >= 0.6 is 0 Å². The molecule has 1 unspecified atom stereocenters. The van der Waals surface area contributed by atoms with E-state index in [0.29, 0.717) is 0 Å². The Hall–Kier alpha value is -1.35. The highest BCUT2D eigenvalue weighted by molar-refractivity contribution is 5.98. The number of hydrogen-bond donors (Lipinski definition) is 0. The van der Waals surface area contributed by atoms with Gasteiger partial charge in [0, 0.05) is 18.0 Å². The normalized spacial score (nSPS) is 12.5. The Balaban J connectivity index is 2.78. The lowest BCUT2D eigenvalue weighted by Gasteiger charge is -2.18. The molecule has 0 saturated heterocycles. The van der Waals surface area contributed by atoms with Crippen LogP contribution in [0.1, 0.15) is 23.7 Å². The molecule has 94 valence electrons. The summed E-state index contributed by atoms with van der Waals surface area (Å²) in [6.45, 7) is 2.84. The Labute approximate surface area is 103 Å². The number of nitrogens with zero attached hydrogens (tertiary/aromatic N) is 1. The van der Waals surface area contributed by atoms with E-state index in [0.717, 1.165) is 24.3 Å². The molecule has 1 atom stereocenters. The second-order valence-electron chi connectivity index (χ2n) is 4.46. The Morgan fingerprint density at radius 2 is 1.88 bits per heavy atom. The Bertz CT molecular complexity index is 357. The van der Waals surface area contributed by atoms with Crippen molar-refractivity contribution in [3.05, 3.63) is 29.8 Å². The van der Waals surface area contributed by atoms with E-state index in [1.165, 1.54) is 0 Å². The van der Waals surface area contributed by atoms with Crippen LogP contribution in [0, 0.1) is 5.92 Å². The van der Waals surface area contributed by atoms with E-state index in [1.807, 2.05) is 38.4 Å². The molecule has 0 aromatic heterocycles. The third-order valence-corrected chi connectivity index (χ3v) is 2.82. The summed E-state index contributed by atoms with van der Waals surface area (Å²) < 4.78 is 5.08. The number of hydrogen-bond acceptors (Lipinski definition) is 3. The number of benzene rings is 1. The van der Waals surface area contributed by atoms with Crippen molar-refractivity contribution < 1.29 is 9.53 Å². The highest BCUT2D eigenvalue weighted by Gasteiger charge is 2.18. The van der Waals surface area contributed by atoms with Crippen molar-refractivity contribution in [2.45, 2.75) is 13.3 Å². The van der Waals surface area contributed by atoms with Crippen molar-refractivity contribution in [1.82, 2.24) is 4.90 Å². The standard InChI is InChI=1S/C14H21NO2/c1-5-11(10-15(2)3)14(16)12-6-8-13(17-4)9-7-12/h6-9,11H,5,10H2,1-4H3. The van der Waals surface area contributed by atoms with E-state index in [1.54, 1.807) is 7.11 Å². The molecule has 1 aromatic carbocycles. The zero-order valence-corrected chi connectivity index (χ0v) is 11.1. The molecule has 0 aliphatic carbocycles. The number of carbonyl (C=O) groups is 1. The summed E-state index contributed by atoms with van der Waals surface area (Å²) in [5.41, 5.74) is 0.763. The predicted molar refractivity (Wildman–Crippen MR) is 69.7 cm³/mol. The molecule has 0 fully saturated rings. The molecule has 0 N–H and O–H groups in total. The molecule has 0 saturated carbocycles. The minimum atomic E-state index is 0.0680. The Kier molecular flexibility index (Phi) is 5.16. The van der Waals surface area contributed by atoms with E-state index in [9.17, 15) is 4.79 Å². The van der Waals surface area contributed by atoms with Crippen molar-refractivity contribution in [3.63, 3.8) is 0 Å². The number of ether oxygens (including phenoxy) is 1. The van der Waals surface area contributed by atoms with Gasteiger partial charge in [-0.2, -0.15) is 0 Å². The molecular weight excluding hydrogens is 214 g/mol. The van der Waals surface area contributed by atoms with Gasteiger partial charge in [0.25, 0.3) is 0 Å². The molecule has 0 radical (unpaired) electrons. The summed E-state index contributed by atoms with van der Waals surface area (Å²) in [6, 6.07) is 7.32. The summed E-state index contributed by atoms with van der Waals surface area (Å²) in [7, 11) is 5.60. The number of carbonyl (C=O) groups excluding carboxylic acids is 1. The van der Waals surface area contributed by atoms with Crippen LogP contribution in [0.2, 0.25) is 0 Å². The van der Waals surface area contributed by atoms with Crippen LogP contribution in [0.3, 0.4) is 0 Å². The van der Waals surface area contributed by atoms with Gasteiger partial charge in [0.05, 0.1) is 7.11 Å². The van der Waals surface area contributed by atoms with E-state index >= 15 is 0 Å². The number of methoxy groups -OCH3 is 1. The minimum Gasteiger partial charge on any atom is -0.497 e. The van der Waals surface area contributed by atoms with Gasteiger partial charge < -0.3 is 9.64 Å². The first kappa shape index (κ1) is 13.7. The maximum absolute atomic E-state index is 12.2. The quantitative estimate of drug-likeness (QED) is 0.709. The van der Waals surface area contributed by atoms with E-state index < -0.39 is 0 Å². The molecule has 0 heterocycles. The highest BCUT2D eigenvalue weighted by atomic mass is 16.5. The van der Waals surface area contributed by atoms with Crippen molar-refractivity contribution >= 4 is 5.78 Å². The fraction of sp³-hybridized carbons (Fsp3) is 0.500. The third kappa shape index (κ3) is 3.86. The van der Waals surface area contributed by atoms with Gasteiger partial charge in [0.15, 0.2) is 5.78 Å². The predicted octanol–water partition coefficient (Wildman–Crippen LogP) is 2.47. The van der Waals surface area contributed by atoms with E-state index in [4.69, 9.17) is 4.74 Å². The number of rotatable bonds is 6. The fourth-order valence-electron chi connectivity index (χ4n) is 1.83. The Morgan fingerprint density at radius 3 is 2.29 bits per heavy atom. The lowest BCUT2D eigenvalue weighted by atomic mass is 9.95. The van der Waals surface area contributed by atoms with Gasteiger partial charge in [0.1, 0.15) is 5.75 Å². The van der Waals surface area contributed by atoms with Crippen LogP contribution < -0.4 is 4.74 Å². The molecule has 3 heteroatoms. The highest BCUT2D eigenvalue weighted by Crippen LogP contribution is 2.17. The SMILES string of the molecule is CCC(CN(C)C)C(=O)c1ccc(OC)cc1. The largest absolute Gasteiger partial charge is 0.497 e. The summed E-state index contributed by atoms with van der Waals surface area (Å²) in [5.74, 6) is 1.06. The van der Waals surface area contributed by atoms with Crippen LogP contribution in [0.25, 0.3) is 0 Å². The van der Waals surface area contributed by atoms with Gasteiger partial charge >= 0.3 is 0 Å². The van der Waals surface area contributed by atoms with E-state index in [2.05, 4.69) is 11.8 Å². The van der Waals surface area contributed by atoms with Gasteiger partial charge in [-0.25, -0.2) is 0 Å². The van der Waals surface area contributed by atoms with Crippen molar-refractivity contribution in [2.75, 3.05) is 27.7 Å². The maximum Gasteiger partial charge on any atom is 0.167 e. The monoisotopic (exact) mass is 235 g/mol. The van der Waals surface area contributed by atoms with Gasteiger partial charge in [-0.15, -0.1) is 0 Å². The van der Waals surface area contributed by atoms with Gasteiger partial charge in [-0.3, -0.25) is 4.79 Å². The Morgan fingerprint density at radius 1 is 1.29 bits per heavy atom. The summed E-state index contributed by atoms with van der Waals surface area (Å²) in [6.07, 6.45) is 0.864. The van der Waals surface area contributed by atoms with Crippen LogP contribution in [-0.4, -0.2) is 38.4 Å². The molecule has 0 spiro atoms. The van der Waals surface area contributed by atoms with Crippen molar-refractivity contribution in [2.24, 2.45) is 5.92 Å². The molecular formula is C14H21NO2. The molecule has 1 aromatic rings. The third-order valence-electron chi connectivity index (χ3n) is 2.82. The first-order chi connectivity index (χ1) is 8.08. The number of Topliss-reactive ketones (excluding diaryl/α,β-unsaturated/α-hetero) is 1. The zero-order chi connectivity index (χ0) is 12.8. The van der Waals surface area contributed by atoms with Crippen LogP contribution in [0.15, 0.2) is 24.3 Å². The molecule has 0 bridgehead atoms. The lowest BCUT2D eigenvalue weighted by Crippen LogP contribution is -2.27. The molecule has 0 aliphatic heterocycles. The maximum atomic E-state index is 12.2. The van der Waals surface area contributed by atoms with Gasteiger partial charge in [0.2, 0.25) is 0 Å². The second kappa shape index (κ2) is 6.40. The van der Waals surface area contributed by atoms with Crippen LogP contribution in [0.5, 0.6) is 5.75 Å². The van der Waals surface area contributed by atoms with E-state index in [-0.39, 0.29) is 11.7 Å². The topological polar surface area (TPSA) is 29.5 Å². The smallest absolute Gasteiger partial charge is 0.167 e. The lowest BCUT2D eigenvalue weighted by molar-refractivity contribution is 0.0893. The summed E-state index contributed by atoms with van der Waals surface area (Å²) >= 11 is 0. The first-order valence-corrected chi connectivity index (χ1v) is 5.91. The minimum absolute atomic E-state index is 0.0680. The first-order valence-electron chi connectivity index (χ1n) is 5.91. The molecule has 0 aliphatic rings. The molecule has 1 rings (SSSR count). The average molecular weight is 235 g/mol. The molecule has 17 heavy (non-hydrogen) atoms. The van der Waals surface area contributed by atoms with Crippen LogP contribution in [-0.2, 0) is 0 Å². The van der Waals surface area contributed by atoms with Crippen molar-refractivity contribution in [3.8, 4) is 5.75 Å². The second-order valence-corrected chi connectivity index (χ2v) is 4.46. The number of ketones is 1. The summed E-state index contributed by atoms with van der Waals surface area (Å²) in [4.78, 5) is 14.3. The molecule has 0 amide bonds. The van der Waals surface area contributed by atoms with Gasteiger partial charge in [-0.1, -0.05) is 6.92 Å². The average Bonchev–Trinajstić information content (AvgIpc) is 2.35. The zero-order valence-electron chi connectivity index (χ0n) is 11.1. The molecule has 3 nitrogen and oxygen atoms in total.